The quantitative estimate of drug-likeness (QED) is 0.227. The van der Waals surface area contributed by atoms with Gasteiger partial charge in [0.25, 0.3) is 0 Å². The zero-order valence-electron chi connectivity index (χ0n) is 18.1. The summed E-state index contributed by atoms with van der Waals surface area (Å²) in [6.07, 6.45) is -7.93. The highest BCUT2D eigenvalue weighted by atomic mass is 35.5. The SMILES string of the molecule is COc1cc(-c2oc3cc(=O)cc(O)c-3cc2O[C@@H]2O[C@H](CO)[C@@H](O)[C@H](O)[C@H]2O)cc(O)c1O.Cl. The van der Waals surface area contributed by atoms with Gasteiger partial charge >= 0.3 is 0 Å². The highest BCUT2D eigenvalue weighted by molar-refractivity contribution is 5.85. The lowest BCUT2D eigenvalue weighted by Gasteiger charge is -2.39. The van der Waals surface area contributed by atoms with Crippen molar-refractivity contribution in [3.05, 3.63) is 40.6 Å². The van der Waals surface area contributed by atoms with Gasteiger partial charge in [-0.3, -0.25) is 4.79 Å². The Morgan fingerprint density at radius 2 is 1.63 bits per heavy atom. The van der Waals surface area contributed by atoms with E-state index in [1.807, 2.05) is 0 Å². The number of phenolic OH excluding ortho intramolecular Hbond substituents is 3. The second kappa shape index (κ2) is 10.2. The van der Waals surface area contributed by atoms with Crippen LogP contribution in [-0.2, 0) is 4.74 Å². The predicted molar refractivity (Wildman–Crippen MR) is 120 cm³/mol. The molecule has 13 heteroatoms. The van der Waals surface area contributed by atoms with Gasteiger partial charge < -0.3 is 54.4 Å². The third-order valence-electron chi connectivity index (χ3n) is 5.43. The summed E-state index contributed by atoms with van der Waals surface area (Å²) in [5, 5.41) is 70.1. The van der Waals surface area contributed by atoms with Crippen LogP contribution >= 0.6 is 12.4 Å². The molecule has 0 radical (unpaired) electrons. The zero-order valence-corrected chi connectivity index (χ0v) is 18.9. The number of hydrogen-bond donors (Lipinski definition) is 7. The first-order valence-electron chi connectivity index (χ1n) is 10.0. The number of ether oxygens (including phenoxy) is 3. The fraction of sp³-hybridized carbons (Fsp3) is 0.318. The molecule has 2 heterocycles. The van der Waals surface area contributed by atoms with Crippen LogP contribution < -0.4 is 14.9 Å². The Bertz CT molecular complexity index is 1230. The van der Waals surface area contributed by atoms with E-state index in [1.54, 1.807) is 0 Å². The van der Waals surface area contributed by atoms with Crippen LogP contribution in [0.4, 0.5) is 0 Å². The lowest BCUT2D eigenvalue weighted by molar-refractivity contribution is -0.277. The van der Waals surface area contributed by atoms with Crippen molar-refractivity contribution in [2.24, 2.45) is 0 Å². The third kappa shape index (κ3) is 4.80. The van der Waals surface area contributed by atoms with E-state index in [-0.39, 0.29) is 46.6 Å². The number of benzene rings is 2. The minimum Gasteiger partial charge on any atom is -0.507 e. The Hall–Kier alpha value is -3.26. The lowest BCUT2D eigenvalue weighted by Crippen LogP contribution is -2.60. The molecule has 35 heavy (non-hydrogen) atoms. The van der Waals surface area contributed by atoms with Gasteiger partial charge in [-0.15, -0.1) is 12.4 Å². The van der Waals surface area contributed by atoms with Crippen molar-refractivity contribution >= 4 is 12.4 Å². The Morgan fingerprint density at radius 1 is 0.914 bits per heavy atom. The number of aliphatic hydroxyl groups is 4. The molecule has 0 saturated carbocycles. The summed E-state index contributed by atoms with van der Waals surface area (Å²) in [4.78, 5) is 11.9. The molecular weight excluding hydrogens is 492 g/mol. The standard InChI is InChI=1S/C22H22O12.ClH/c1-31-14-3-8(2-12(26)17(14)27)21-15(6-10-11(25)4-9(24)5-13(10)32-21)33-22-20(30)19(29)18(28)16(7-23)34-22;/h2-6,16,18-20,22-23,25-30H,7H2,1H3;1H/t16-,18-,19+,20-,22-;/m1./s1. The summed E-state index contributed by atoms with van der Waals surface area (Å²) in [7, 11) is 1.25. The van der Waals surface area contributed by atoms with Crippen molar-refractivity contribution in [2.75, 3.05) is 13.7 Å². The van der Waals surface area contributed by atoms with Crippen molar-refractivity contribution in [3.8, 4) is 51.4 Å². The maximum absolute atomic E-state index is 11.9. The first-order valence-corrected chi connectivity index (χ1v) is 10.0. The van der Waals surface area contributed by atoms with E-state index in [4.69, 9.17) is 18.6 Å². The van der Waals surface area contributed by atoms with Gasteiger partial charge in [-0.05, 0) is 18.2 Å². The summed E-state index contributed by atoms with van der Waals surface area (Å²) in [6.45, 7) is -0.685. The smallest absolute Gasteiger partial charge is 0.229 e. The molecule has 7 N–H and O–H groups in total. The van der Waals surface area contributed by atoms with Gasteiger partial charge in [-0.25, -0.2) is 0 Å². The summed E-state index contributed by atoms with van der Waals surface area (Å²) >= 11 is 0. The number of rotatable bonds is 5. The summed E-state index contributed by atoms with van der Waals surface area (Å²) in [5.41, 5.74) is -0.393. The molecule has 0 aromatic heterocycles. The number of methoxy groups -OCH3 is 1. The van der Waals surface area contributed by atoms with Crippen LogP contribution in [0, 0.1) is 0 Å². The van der Waals surface area contributed by atoms with Crippen LogP contribution in [0.5, 0.6) is 28.7 Å². The van der Waals surface area contributed by atoms with Gasteiger partial charge in [0.15, 0.2) is 28.4 Å². The van der Waals surface area contributed by atoms with E-state index in [0.29, 0.717) is 0 Å². The number of phenols is 3. The second-order valence-corrected chi connectivity index (χ2v) is 7.66. The number of hydrogen-bond acceptors (Lipinski definition) is 12. The third-order valence-corrected chi connectivity index (χ3v) is 5.43. The highest BCUT2D eigenvalue weighted by Crippen LogP contribution is 2.45. The van der Waals surface area contributed by atoms with Crippen molar-refractivity contribution in [1.82, 2.24) is 0 Å². The van der Waals surface area contributed by atoms with Crippen molar-refractivity contribution in [3.63, 3.8) is 0 Å². The summed E-state index contributed by atoms with van der Waals surface area (Å²) < 4.78 is 21.9. The van der Waals surface area contributed by atoms with Crippen molar-refractivity contribution < 1.29 is 54.4 Å². The van der Waals surface area contributed by atoms with Gasteiger partial charge in [-0.2, -0.15) is 0 Å². The monoisotopic (exact) mass is 514 g/mol. The van der Waals surface area contributed by atoms with Crippen LogP contribution in [0.15, 0.2) is 39.5 Å². The normalized spacial score (nSPS) is 24.1. The highest BCUT2D eigenvalue weighted by Gasteiger charge is 2.45. The Labute approximate surface area is 203 Å². The molecular formula is C22H23ClO12. The van der Waals surface area contributed by atoms with Gasteiger partial charge in [0, 0.05) is 17.7 Å². The predicted octanol–water partition coefficient (Wildman–Crippen LogP) is 0.137. The minimum atomic E-state index is -1.75. The Morgan fingerprint density at radius 3 is 2.29 bits per heavy atom. The van der Waals surface area contributed by atoms with Gasteiger partial charge in [0.05, 0.1) is 19.3 Å². The van der Waals surface area contributed by atoms with Crippen LogP contribution in [0.1, 0.15) is 0 Å². The largest absolute Gasteiger partial charge is 0.507 e. The Balaban J connectivity index is 0.00000342. The average molecular weight is 515 g/mol. The lowest BCUT2D eigenvalue weighted by atomic mass is 9.99. The molecule has 2 aliphatic heterocycles. The fourth-order valence-electron chi connectivity index (χ4n) is 3.63. The molecule has 3 aliphatic rings. The number of fused-ring (bicyclic) bond motifs is 1. The first-order chi connectivity index (χ1) is 16.1. The number of aromatic hydroxyl groups is 3. The van der Waals surface area contributed by atoms with Crippen LogP contribution in [0.25, 0.3) is 22.6 Å². The molecule has 1 aromatic carbocycles. The van der Waals surface area contributed by atoms with E-state index < -0.39 is 60.0 Å². The molecule has 190 valence electrons. The molecule has 4 rings (SSSR count). The van der Waals surface area contributed by atoms with E-state index in [1.165, 1.54) is 19.2 Å². The zero-order chi connectivity index (χ0) is 24.7. The molecule has 0 bridgehead atoms. The number of aliphatic hydroxyl groups excluding tert-OH is 4. The summed E-state index contributed by atoms with van der Waals surface area (Å²) in [5.74, 6) is -2.02. The second-order valence-electron chi connectivity index (χ2n) is 7.66. The van der Waals surface area contributed by atoms with Gasteiger partial charge in [0.2, 0.25) is 12.0 Å². The topological polar surface area (TPSA) is 200 Å². The first kappa shape index (κ1) is 26.3. The van der Waals surface area contributed by atoms with E-state index in [9.17, 15) is 40.5 Å². The molecule has 0 spiro atoms. The maximum atomic E-state index is 11.9. The van der Waals surface area contributed by atoms with E-state index in [2.05, 4.69) is 0 Å². The molecule has 0 amide bonds. The average Bonchev–Trinajstić information content (AvgIpc) is 2.81. The summed E-state index contributed by atoms with van der Waals surface area (Å²) in [6, 6.07) is 5.73. The van der Waals surface area contributed by atoms with Crippen LogP contribution in [0.3, 0.4) is 0 Å². The maximum Gasteiger partial charge on any atom is 0.229 e. The van der Waals surface area contributed by atoms with Gasteiger partial charge in [0.1, 0.15) is 35.9 Å². The minimum absolute atomic E-state index is 0. The molecule has 1 aromatic rings. The number of halogens is 1. The molecule has 1 saturated heterocycles. The van der Waals surface area contributed by atoms with Crippen molar-refractivity contribution in [1.29, 1.82) is 0 Å². The molecule has 0 unspecified atom stereocenters. The van der Waals surface area contributed by atoms with E-state index in [0.717, 1.165) is 18.2 Å². The van der Waals surface area contributed by atoms with E-state index >= 15 is 0 Å². The van der Waals surface area contributed by atoms with Crippen LogP contribution in [-0.4, -0.2) is 80.2 Å². The molecule has 1 fully saturated rings. The van der Waals surface area contributed by atoms with Gasteiger partial charge in [-0.1, -0.05) is 0 Å². The molecule has 1 aliphatic carbocycles. The van der Waals surface area contributed by atoms with Crippen LogP contribution in [0.2, 0.25) is 0 Å². The fourth-order valence-corrected chi connectivity index (χ4v) is 3.63. The van der Waals surface area contributed by atoms with Crippen molar-refractivity contribution in [2.45, 2.75) is 30.7 Å². The molecule has 5 atom stereocenters. The molecule has 12 nitrogen and oxygen atoms in total. The Kier molecular flexibility index (Phi) is 7.65.